The summed E-state index contributed by atoms with van der Waals surface area (Å²) in [5.74, 6) is 0. The third-order valence-electron chi connectivity index (χ3n) is 14.2. The zero-order valence-corrected chi connectivity index (χ0v) is 36.6. The second-order valence-corrected chi connectivity index (χ2v) is 18.0. The van der Waals surface area contributed by atoms with Crippen molar-refractivity contribution in [3.63, 3.8) is 0 Å². The number of fused-ring (bicyclic) bond motifs is 6. The normalized spacial score (nSPS) is 13.6. The molecule has 0 spiro atoms. The molecule has 0 aromatic heterocycles. The van der Waals surface area contributed by atoms with Crippen LogP contribution < -0.4 is 4.90 Å². The van der Waals surface area contributed by atoms with Crippen molar-refractivity contribution in [1.82, 2.24) is 0 Å². The highest BCUT2D eigenvalue weighted by Gasteiger charge is 2.46. The van der Waals surface area contributed by atoms with Gasteiger partial charge in [0.05, 0.1) is 11.1 Å². The average molecular weight is 830 g/mol. The Balaban J connectivity index is 1.10. The maximum Gasteiger partial charge on any atom is 0.0714 e. The summed E-state index contributed by atoms with van der Waals surface area (Å²) in [6, 6.07) is 92.1. The summed E-state index contributed by atoms with van der Waals surface area (Å²) < 4.78 is 0. The molecule has 10 aromatic carbocycles. The second-order valence-electron chi connectivity index (χ2n) is 18.0. The van der Waals surface area contributed by atoms with Crippen molar-refractivity contribution >= 4 is 17.1 Å². The van der Waals surface area contributed by atoms with E-state index in [4.69, 9.17) is 0 Å². The molecule has 2 aliphatic carbocycles. The van der Waals surface area contributed by atoms with Crippen LogP contribution in [0.4, 0.5) is 17.1 Å². The quantitative estimate of drug-likeness (QED) is 0.147. The number of benzene rings is 10. The molecular formula is C64H47N. The highest BCUT2D eigenvalue weighted by atomic mass is 15.1. The standard InChI is InChI=1S/C64H47N/c1-63(2)58-29-17-15-28-54(58)57-42-56(48-21-9-4-10-22-48)62(43-60(57)63)65(51-37-35-47(36-38-51)46-33-31-45(32-34-46)44-19-7-3-8-20-44)52-39-40-55-53-27-16-18-30-59(53)64(61(55)41-52,49-23-11-5-12-24-49)50-25-13-6-14-26-50/h3-43H,1-2H3. The van der Waals surface area contributed by atoms with Crippen molar-refractivity contribution in [3.05, 3.63) is 282 Å². The lowest BCUT2D eigenvalue weighted by molar-refractivity contribution is 0.660. The van der Waals surface area contributed by atoms with Gasteiger partial charge < -0.3 is 4.90 Å². The van der Waals surface area contributed by atoms with Crippen LogP contribution >= 0.6 is 0 Å². The molecule has 0 saturated heterocycles. The molecule has 0 radical (unpaired) electrons. The van der Waals surface area contributed by atoms with Crippen LogP contribution in [-0.4, -0.2) is 0 Å². The number of hydrogen-bond donors (Lipinski definition) is 0. The molecule has 65 heavy (non-hydrogen) atoms. The fourth-order valence-electron chi connectivity index (χ4n) is 11.1. The van der Waals surface area contributed by atoms with Crippen molar-refractivity contribution in [2.24, 2.45) is 0 Å². The molecule has 12 rings (SSSR count). The Hall–Kier alpha value is -8.00. The summed E-state index contributed by atoms with van der Waals surface area (Å²) in [5, 5.41) is 0. The van der Waals surface area contributed by atoms with Gasteiger partial charge in [-0.3, -0.25) is 0 Å². The van der Waals surface area contributed by atoms with Gasteiger partial charge in [0.15, 0.2) is 0 Å². The summed E-state index contributed by atoms with van der Waals surface area (Å²) in [5.41, 5.74) is 22.8. The minimum absolute atomic E-state index is 0.188. The molecule has 0 saturated carbocycles. The lowest BCUT2D eigenvalue weighted by atomic mass is 9.67. The molecule has 308 valence electrons. The minimum atomic E-state index is -0.532. The van der Waals surface area contributed by atoms with E-state index in [-0.39, 0.29) is 5.41 Å². The molecule has 0 fully saturated rings. The number of rotatable bonds is 8. The summed E-state index contributed by atoms with van der Waals surface area (Å²) >= 11 is 0. The maximum atomic E-state index is 2.52. The van der Waals surface area contributed by atoms with Crippen molar-refractivity contribution in [2.45, 2.75) is 24.7 Å². The van der Waals surface area contributed by atoms with E-state index >= 15 is 0 Å². The molecule has 0 atom stereocenters. The number of nitrogens with zero attached hydrogens (tertiary/aromatic N) is 1. The van der Waals surface area contributed by atoms with Crippen molar-refractivity contribution in [2.75, 3.05) is 4.90 Å². The minimum Gasteiger partial charge on any atom is -0.310 e. The van der Waals surface area contributed by atoms with Gasteiger partial charge in [0.1, 0.15) is 0 Å². The molecule has 1 nitrogen and oxygen atoms in total. The molecule has 2 aliphatic rings. The van der Waals surface area contributed by atoms with Crippen LogP contribution in [0.3, 0.4) is 0 Å². The van der Waals surface area contributed by atoms with E-state index in [0.29, 0.717) is 0 Å². The van der Waals surface area contributed by atoms with Crippen LogP contribution in [0.15, 0.2) is 249 Å². The van der Waals surface area contributed by atoms with Crippen molar-refractivity contribution < 1.29 is 0 Å². The van der Waals surface area contributed by atoms with Crippen LogP contribution in [0.2, 0.25) is 0 Å². The largest absolute Gasteiger partial charge is 0.310 e. The van der Waals surface area contributed by atoms with Crippen LogP contribution in [0.1, 0.15) is 47.2 Å². The van der Waals surface area contributed by atoms with E-state index in [9.17, 15) is 0 Å². The highest BCUT2D eigenvalue weighted by Crippen LogP contribution is 2.58. The fourth-order valence-corrected chi connectivity index (χ4v) is 11.1. The Morgan fingerprint density at radius 3 is 1.29 bits per heavy atom. The van der Waals surface area contributed by atoms with Gasteiger partial charge in [-0.15, -0.1) is 0 Å². The molecule has 0 bridgehead atoms. The van der Waals surface area contributed by atoms with E-state index in [1.807, 2.05) is 0 Å². The Morgan fingerprint density at radius 1 is 0.277 bits per heavy atom. The summed E-state index contributed by atoms with van der Waals surface area (Å²) in [7, 11) is 0. The molecule has 0 aliphatic heterocycles. The average Bonchev–Trinajstić information content (AvgIpc) is 3.80. The van der Waals surface area contributed by atoms with E-state index in [2.05, 4.69) is 267 Å². The highest BCUT2D eigenvalue weighted by molar-refractivity contribution is 5.96. The molecule has 1 heteroatoms. The Kier molecular flexibility index (Phi) is 9.14. The van der Waals surface area contributed by atoms with E-state index in [1.54, 1.807) is 0 Å². The number of hydrogen-bond acceptors (Lipinski definition) is 1. The van der Waals surface area contributed by atoms with Crippen LogP contribution in [0.25, 0.3) is 55.6 Å². The third-order valence-corrected chi connectivity index (χ3v) is 14.2. The first kappa shape index (κ1) is 38.7. The zero-order chi connectivity index (χ0) is 43.5. The lowest BCUT2D eigenvalue weighted by Crippen LogP contribution is -2.28. The molecule has 10 aromatic rings. The Morgan fingerprint density at radius 2 is 0.708 bits per heavy atom. The van der Waals surface area contributed by atoms with E-state index in [1.165, 1.54) is 89.0 Å². The lowest BCUT2D eigenvalue weighted by Gasteiger charge is -2.35. The van der Waals surface area contributed by atoms with Gasteiger partial charge in [0.2, 0.25) is 0 Å². The van der Waals surface area contributed by atoms with Gasteiger partial charge in [-0.05, 0) is 120 Å². The molecule has 0 unspecified atom stereocenters. The van der Waals surface area contributed by atoms with Crippen LogP contribution in [-0.2, 0) is 10.8 Å². The Labute approximate surface area is 382 Å². The van der Waals surface area contributed by atoms with Gasteiger partial charge in [-0.2, -0.15) is 0 Å². The van der Waals surface area contributed by atoms with E-state index < -0.39 is 5.41 Å². The zero-order valence-electron chi connectivity index (χ0n) is 36.6. The van der Waals surface area contributed by atoms with Gasteiger partial charge in [-0.25, -0.2) is 0 Å². The second kappa shape index (κ2) is 15.4. The predicted octanol–water partition coefficient (Wildman–Crippen LogP) is 16.8. The topological polar surface area (TPSA) is 3.24 Å². The first-order valence-corrected chi connectivity index (χ1v) is 22.8. The fraction of sp³-hybridized carbons (Fsp3) is 0.0625. The summed E-state index contributed by atoms with van der Waals surface area (Å²) in [6.07, 6.45) is 0. The maximum absolute atomic E-state index is 2.52. The van der Waals surface area contributed by atoms with Gasteiger partial charge in [0, 0.05) is 22.4 Å². The third kappa shape index (κ3) is 6.15. The summed E-state index contributed by atoms with van der Waals surface area (Å²) in [6.45, 7) is 4.76. The first-order chi connectivity index (χ1) is 32.0. The van der Waals surface area contributed by atoms with E-state index in [0.717, 1.165) is 17.1 Å². The molecule has 0 heterocycles. The van der Waals surface area contributed by atoms with Gasteiger partial charge >= 0.3 is 0 Å². The molecular weight excluding hydrogens is 783 g/mol. The molecule has 0 N–H and O–H groups in total. The van der Waals surface area contributed by atoms with Gasteiger partial charge in [0.25, 0.3) is 0 Å². The Bertz CT molecular complexity index is 3310. The van der Waals surface area contributed by atoms with Crippen LogP contribution in [0, 0.1) is 0 Å². The van der Waals surface area contributed by atoms with Gasteiger partial charge in [-0.1, -0.05) is 226 Å². The monoisotopic (exact) mass is 829 g/mol. The number of anilines is 3. The van der Waals surface area contributed by atoms with Crippen molar-refractivity contribution in [1.29, 1.82) is 0 Å². The molecule has 0 amide bonds. The summed E-state index contributed by atoms with van der Waals surface area (Å²) in [4.78, 5) is 2.52. The van der Waals surface area contributed by atoms with Crippen LogP contribution in [0.5, 0.6) is 0 Å². The van der Waals surface area contributed by atoms with Crippen molar-refractivity contribution in [3.8, 4) is 55.6 Å². The SMILES string of the molecule is CC1(C)c2ccccc2-c2cc(-c3ccccc3)c(N(c3ccc(-c4ccc(-c5ccccc5)cc4)cc3)c3ccc4c(c3)C(c3ccccc3)(c3ccccc3)c3ccccc3-4)cc21. The predicted molar refractivity (Wildman–Crippen MR) is 272 cm³/mol. The smallest absolute Gasteiger partial charge is 0.0714 e. The first-order valence-electron chi connectivity index (χ1n) is 22.8.